The third-order valence-electron chi connectivity index (χ3n) is 4.54. The quantitative estimate of drug-likeness (QED) is 0.844. The molecule has 0 bridgehead atoms. The highest BCUT2D eigenvalue weighted by atomic mass is 16.5. The zero-order valence-electron chi connectivity index (χ0n) is 13.0. The van der Waals surface area contributed by atoms with Crippen molar-refractivity contribution in [2.24, 2.45) is 5.92 Å². The summed E-state index contributed by atoms with van der Waals surface area (Å²) in [4.78, 5) is 27.5. The summed E-state index contributed by atoms with van der Waals surface area (Å²) in [5, 5.41) is 9.44. The summed E-state index contributed by atoms with van der Waals surface area (Å²) in [5.41, 5.74) is 0. The number of rotatable bonds is 2. The molecule has 3 unspecified atom stereocenters. The Balaban J connectivity index is 2.07. The Bertz CT molecular complexity index is 388. The molecule has 0 saturated carbocycles. The Labute approximate surface area is 126 Å². The van der Waals surface area contributed by atoms with Gasteiger partial charge in [0.2, 0.25) is 0 Å². The summed E-state index contributed by atoms with van der Waals surface area (Å²) in [5.74, 6) is -0.484. The Hall–Kier alpha value is -1.30. The van der Waals surface area contributed by atoms with Crippen molar-refractivity contribution in [1.82, 2.24) is 9.80 Å². The number of urea groups is 1. The first-order valence-corrected chi connectivity index (χ1v) is 7.92. The molecule has 2 aliphatic heterocycles. The minimum Gasteiger partial charge on any atom is -0.480 e. The Morgan fingerprint density at radius 1 is 1.33 bits per heavy atom. The average molecular weight is 298 g/mol. The number of carboxylic acid groups (broad SMARTS) is 1. The number of likely N-dealkylation sites (tertiary alicyclic amines) is 1. The van der Waals surface area contributed by atoms with Crippen molar-refractivity contribution >= 4 is 12.0 Å². The molecule has 120 valence electrons. The fourth-order valence-electron chi connectivity index (χ4n) is 3.22. The highest BCUT2D eigenvalue weighted by Crippen LogP contribution is 2.27. The second-order valence-electron chi connectivity index (χ2n) is 6.11. The van der Waals surface area contributed by atoms with Crippen LogP contribution in [0.4, 0.5) is 4.79 Å². The van der Waals surface area contributed by atoms with Crippen LogP contribution in [0.25, 0.3) is 0 Å². The van der Waals surface area contributed by atoms with Gasteiger partial charge in [0.15, 0.2) is 0 Å². The highest BCUT2D eigenvalue weighted by molar-refractivity contribution is 5.83. The second kappa shape index (κ2) is 7.11. The van der Waals surface area contributed by atoms with Crippen LogP contribution in [0.15, 0.2) is 0 Å². The van der Waals surface area contributed by atoms with Gasteiger partial charge < -0.3 is 19.6 Å². The van der Waals surface area contributed by atoms with E-state index in [0.717, 1.165) is 19.3 Å². The van der Waals surface area contributed by atoms with Crippen molar-refractivity contribution in [3.05, 3.63) is 0 Å². The first kappa shape index (κ1) is 16.1. The number of carbonyl (C=O) groups excluding carboxylic acids is 1. The number of hydrogen-bond acceptors (Lipinski definition) is 3. The maximum atomic E-state index is 12.7. The minimum atomic E-state index is -0.888. The summed E-state index contributed by atoms with van der Waals surface area (Å²) in [6.45, 7) is 6.41. The lowest BCUT2D eigenvalue weighted by molar-refractivity contribution is -0.144. The Morgan fingerprint density at radius 2 is 2.10 bits per heavy atom. The molecule has 2 aliphatic rings. The van der Waals surface area contributed by atoms with E-state index in [1.165, 1.54) is 0 Å². The maximum absolute atomic E-state index is 12.7. The van der Waals surface area contributed by atoms with Gasteiger partial charge >= 0.3 is 12.0 Å². The van der Waals surface area contributed by atoms with E-state index in [4.69, 9.17) is 4.74 Å². The van der Waals surface area contributed by atoms with Gasteiger partial charge in [-0.1, -0.05) is 13.3 Å². The molecule has 0 aromatic heterocycles. The van der Waals surface area contributed by atoms with Gasteiger partial charge in [0, 0.05) is 26.2 Å². The summed E-state index contributed by atoms with van der Waals surface area (Å²) in [6.07, 6.45) is 3.25. The first-order chi connectivity index (χ1) is 10.0. The third-order valence-corrected chi connectivity index (χ3v) is 4.54. The molecular weight excluding hydrogens is 272 g/mol. The molecule has 6 heteroatoms. The fraction of sp³-hybridized carbons (Fsp3) is 0.867. The van der Waals surface area contributed by atoms with Gasteiger partial charge in [0.25, 0.3) is 0 Å². The topological polar surface area (TPSA) is 70.1 Å². The summed E-state index contributed by atoms with van der Waals surface area (Å²) in [7, 11) is 0. The van der Waals surface area contributed by atoms with Crippen LogP contribution in [0.3, 0.4) is 0 Å². The van der Waals surface area contributed by atoms with E-state index in [-0.39, 0.29) is 12.1 Å². The van der Waals surface area contributed by atoms with Crippen LogP contribution in [0.2, 0.25) is 0 Å². The van der Waals surface area contributed by atoms with E-state index in [9.17, 15) is 14.7 Å². The molecule has 2 rings (SSSR count). The molecule has 3 atom stereocenters. The average Bonchev–Trinajstić information content (AvgIpc) is 2.70. The predicted octanol–water partition coefficient (Wildman–Crippen LogP) is 1.79. The van der Waals surface area contributed by atoms with E-state index >= 15 is 0 Å². The molecule has 0 radical (unpaired) electrons. The van der Waals surface area contributed by atoms with Gasteiger partial charge in [-0.25, -0.2) is 9.59 Å². The van der Waals surface area contributed by atoms with E-state index < -0.39 is 12.0 Å². The van der Waals surface area contributed by atoms with E-state index in [2.05, 4.69) is 6.92 Å². The van der Waals surface area contributed by atoms with Crippen molar-refractivity contribution in [3.63, 3.8) is 0 Å². The van der Waals surface area contributed by atoms with Gasteiger partial charge in [-0.3, -0.25) is 0 Å². The number of piperidine rings is 1. The Kier molecular flexibility index (Phi) is 5.45. The van der Waals surface area contributed by atoms with Crippen LogP contribution in [-0.4, -0.2) is 65.3 Å². The second-order valence-corrected chi connectivity index (χ2v) is 6.11. The van der Waals surface area contributed by atoms with Crippen molar-refractivity contribution in [1.29, 1.82) is 0 Å². The predicted molar refractivity (Wildman–Crippen MR) is 78.1 cm³/mol. The molecule has 0 aromatic rings. The Morgan fingerprint density at radius 3 is 2.76 bits per heavy atom. The molecule has 2 saturated heterocycles. The number of ether oxygens (including phenoxy) is 1. The van der Waals surface area contributed by atoms with Crippen LogP contribution in [0.5, 0.6) is 0 Å². The van der Waals surface area contributed by atoms with Gasteiger partial charge in [0.05, 0.1) is 6.10 Å². The number of hydrogen-bond donors (Lipinski definition) is 1. The van der Waals surface area contributed by atoms with Crippen LogP contribution in [-0.2, 0) is 9.53 Å². The molecule has 2 amide bonds. The lowest BCUT2D eigenvalue weighted by Gasteiger charge is -2.39. The van der Waals surface area contributed by atoms with Crippen LogP contribution in [0.1, 0.15) is 39.5 Å². The number of nitrogens with zero attached hydrogens (tertiary/aromatic N) is 2. The van der Waals surface area contributed by atoms with E-state index in [1.54, 1.807) is 9.80 Å². The lowest BCUT2D eigenvalue weighted by atomic mass is 9.89. The van der Waals surface area contributed by atoms with Crippen LogP contribution in [0, 0.1) is 5.92 Å². The van der Waals surface area contributed by atoms with Crippen molar-refractivity contribution in [2.45, 2.75) is 51.7 Å². The van der Waals surface area contributed by atoms with E-state index in [0.29, 0.717) is 38.6 Å². The summed E-state index contributed by atoms with van der Waals surface area (Å²) >= 11 is 0. The molecule has 0 aromatic carbocycles. The molecule has 0 spiro atoms. The van der Waals surface area contributed by atoms with Crippen LogP contribution >= 0.6 is 0 Å². The van der Waals surface area contributed by atoms with Gasteiger partial charge in [0.1, 0.15) is 6.04 Å². The van der Waals surface area contributed by atoms with Gasteiger partial charge in [-0.2, -0.15) is 0 Å². The smallest absolute Gasteiger partial charge is 0.326 e. The molecule has 2 fully saturated rings. The number of aliphatic carboxylic acids is 1. The first-order valence-electron chi connectivity index (χ1n) is 7.92. The van der Waals surface area contributed by atoms with Crippen molar-refractivity contribution in [3.8, 4) is 0 Å². The lowest BCUT2D eigenvalue weighted by Crippen LogP contribution is -2.55. The normalized spacial score (nSPS) is 30.9. The van der Waals surface area contributed by atoms with Gasteiger partial charge in [-0.15, -0.1) is 0 Å². The maximum Gasteiger partial charge on any atom is 0.326 e. The molecule has 21 heavy (non-hydrogen) atoms. The zero-order chi connectivity index (χ0) is 15.4. The summed E-state index contributed by atoms with van der Waals surface area (Å²) in [6, 6.07) is -0.829. The summed E-state index contributed by atoms with van der Waals surface area (Å²) < 4.78 is 5.55. The number of carboxylic acids is 1. The van der Waals surface area contributed by atoms with E-state index in [1.807, 2.05) is 6.92 Å². The molecule has 6 nitrogen and oxygen atoms in total. The van der Waals surface area contributed by atoms with Gasteiger partial charge in [-0.05, 0) is 32.1 Å². The monoisotopic (exact) mass is 298 g/mol. The van der Waals surface area contributed by atoms with Crippen molar-refractivity contribution < 1.29 is 19.4 Å². The number of amides is 2. The molecular formula is C15H26N2O4. The molecule has 0 aliphatic carbocycles. The SMILES string of the molecule is CCC1CCN(C(=O)N2CCCOC(C)C2)C(C(=O)O)C1. The zero-order valence-corrected chi connectivity index (χ0v) is 13.0. The number of carbonyl (C=O) groups is 2. The largest absolute Gasteiger partial charge is 0.480 e. The fourth-order valence-corrected chi connectivity index (χ4v) is 3.22. The third kappa shape index (κ3) is 3.87. The molecule has 2 heterocycles. The standard InChI is InChI=1S/C15H26N2O4/c1-3-12-5-7-17(13(9-12)14(18)19)15(20)16-6-4-8-21-11(2)10-16/h11-13H,3-10H2,1-2H3,(H,18,19). The van der Waals surface area contributed by atoms with Crippen LogP contribution < -0.4 is 0 Å². The minimum absolute atomic E-state index is 0.00732. The highest BCUT2D eigenvalue weighted by Gasteiger charge is 2.37. The molecule has 1 N–H and O–H groups in total. The van der Waals surface area contributed by atoms with Crippen molar-refractivity contribution in [2.75, 3.05) is 26.2 Å².